The molecule has 78 valence electrons. The van der Waals surface area contributed by atoms with Crippen LogP contribution in [0.3, 0.4) is 0 Å². The highest BCUT2D eigenvalue weighted by atomic mass is 16.3. The maximum absolute atomic E-state index is 9.24. The van der Waals surface area contributed by atoms with Gasteiger partial charge >= 0.3 is 0 Å². The fraction of sp³-hybridized carbons (Fsp3) is 0.727. The molecule has 1 aliphatic rings. The second-order valence-electron chi connectivity index (χ2n) is 4.37. The molecule has 3 nitrogen and oxygen atoms in total. The van der Waals surface area contributed by atoms with Gasteiger partial charge in [-0.05, 0) is 18.8 Å². The topological polar surface area (TPSA) is 38.0 Å². The monoisotopic (exact) mass is 194 g/mol. The number of rotatable bonds is 2. The summed E-state index contributed by atoms with van der Waals surface area (Å²) < 4.78 is 2.17. The van der Waals surface area contributed by atoms with Crippen LogP contribution in [0.25, 0.3) is 0 Å². The molecule has 0 fully saturated rings. The summed E-state index contributed by atoms with van der Waals surface area (Å²) in [6.45, 7) is 4.55. The van der Waals surface area contributed by atoms with Crippen molar-refractivity contribution in [3.8, 4) is 0 Å². The Kier molecular flexibility index (Phi) is 2.59. The molecule has 0 saturated carbocycles. The molecule has 0 bridgehead atoms. The number of hydrogen-bond donors (Lipinski definition) is 1. The van der Waals surface area contributed by atoms with Crippen molar-refractivity contribution in [3.63, 3.8) is 0 Å². The van der Waals surface area contributed by atoms with Gasteiger partial charge in [-0.25, -0.2) is 4.98 Å². The van der Waals surface area contributed by atoms with Gasteiger partial charge in [-0.15, -0.1) is 0 Å². The number of imidazole rings is 1. The SMILES string of the molecule is CC(C)c1cn2c(n1)CCCC2CO. The van der Waals surface area contributed by atoms with Crippen molar-refractivity contribution in [1.82, 2.24) is 9.55 Å². The quantitative estimate of drug-likeness (QED) is 0.780. The summed E-state index contributed by atoms with van der Waals surface area (Å²) in [6.07, 6.45) is 5.40. The number of aryl methyl sites for hydroxylation is 1. The highest BCUT2D eigenvalue weighted by Gasteiger charge is 2.21. The van der Waals surface area contributed by atoms with Gasteiger partial charge in [0.1, 0.15) is 5.82 Å². The maximum atomic E-state index is 9.24. The zero-order valence-corrected chi connectivity index (χ0v) is 8.90. The Hall–Kier alpha value is -0.830. The van der Waals surface area contributed by atoms with E-state index < -0.39 is 0 Å². The fourth-order valence-corrected chi connectivity index (χ4v) is 2.05. The van der Waals surface area contributed by atoms with Crippen LogP contribution in [0.5, 0.6) is 0 Å². The van der Waals surface area contributed by atoms with E-state index in [2.05, 4.69) is 29.6 Å². The summed E-state index contributed by atoms with van der Waals surface area (Å²) in [5, 5.41) is 9.24. The third-order valence-corrected chi connectivity index (χ3v) is 2.96. The lowest BCUT2D eigenvalue weighted by Crippen LogP contribution is -2.20. The molecule has 0 spiro atoms. The standard InChI is InChI=1S/C11H18N2O/c1-8(2)10-6-13-9(7-14)4-3-5-11(13)12-10/h6,8-9,14H,3-5,7H2,1-2H3. The Morgan fingerprint density at radius 3 is 3.07 bits per heavy atom. The molecule has 1 aromatic rings. The van der Waals surface area contributed by atoms with Crippen molar-refractivity contribution in [3.05, 3.63) is 17.7 Å². The normalized spacial score (nSPS) is 21.3. The lowest BCUT2D eigenvalue weighted by molar-refractivity contribution is 0.206. The molecule has 1 unspecified atom stereocenters. The van der Waals surface area contributed by atoms with Crippen LogP contribution in [0.4, 0.5) is 0 Å². The Bertz CT molecular complexity index is 317. The molecule has 1 N–H and O–H groups in total. The lowest BCUT2D eigenvalue weighted by atomic mass is 10.1. The van der Waals surface area contributed by atoms with E-state index in [1.165, 1.54) is 0 Å². The van der Waals surface area contributed by atoms with Crippen LogP contribution in [0, 0.1) is 0 Å². The van der Waals surface area contributed by atoms with Crippen LogP contribution in [0.15, 0.2) is 6.20 Å². The van der Waals surface area contributed by atoms with Gasteiger partial charge < -0.3 is 9.67 Å². The Morgan fingerprint density at radius 2 is 2.43 bits per heavy atom. The molecule has 0 radical (unpaired) electrons. The smallest absolute Gasteiger partial charge is 0.109 e. The summed E-state index contributed by atoms with van der Waals surface area (Å²) in [4.78, 5) is 4.60. The molecule has 1 atom stereocenters. The average Bonchev–Trinajstić information content (AvgIpc) is 2.60. The number of aliphatic hydroxyl groups is 1. The van der Waals surface area contributed by atoms with Crippen LogP contribution in [0.2, 0.25) is 0 Å². The highest BCUT2D eigenvalue weighted by molar-refractivity contribution is 5.11. The maximum Gasteiger partial charge on any atom is 0.109 e. The molecular formula is C11H18N2O. The first-order chi connectivity index (χ1) is 6.72. The summed E-state index contributed by atoms with van der Waals surface area (Å²) in [7, 11) is 0. The number of aliphatic hydroxyl groups excluding tert-OH is 1. The highest BCUT2D eigenvalue weighted by Crippen LogP contribution is 2.26. The van der Waals surface area contributed by atoms with E-state index in [4.69, 9.17) is 0 Å². The lowest BCUT2D eigenvalue weighted by Gasteiger charge is -2.22. The van der Waals surface area contributed by atoms with Crippen molar-refractivity contribution < 1.29 is 5.11 Å². The van der Waals surface area contributed by atoms with Gasteiger partial charge in [0.2, 0.25) is 0 Å². The number of aromatic nitrogens is 2. The van der Waals surface area contributed by atoms with Crippen molar-refractivity contribution >= 4 is 0 Å². The van der Waals surface area contributed by atoms with Gasteiger partial charge in [0.05, 0.1) is 18.3 Å². The van der Waals surface area contributed by atoms with Crippen LogP contribution < -0.4 is 0 Å². The van der Waals surface area contributed by atoms with Gasteiger partial charge in [-0.2, -0.15) is 0 Å². The molecular weight excluding hydrogens is 176 g/mol. The minimum absolute atomic E-state index is 0.237. The molecule has 1 aliphatic heterocycles. The van der Waals surface area contributed by atoms with E-state index >= 15 is 0 Å². The molecule has 14 heavy (non-hydrogen) atoms. The first kappa shape index (κ1) is 9.71. The molecule has 0 aliphatic carbocycles. The molecule has 0 aromatic carbocycles. The molecule has 1 aromatic heterocycles. The zero-order valence-electron chi connectivity index (χ0n) is 8.90. The van der Waals surface area contributed by atoms with Gasteiger partial charge in [0.15, 0.2) is 0 Å². The minimum atomic E-state index is 0.237. The summed E-state index contributed by atoms with van der Waals surface area (Å²) in [6, 6.07) is 0.263. The third-order valence-electron chi connectivity index (χ3n) is 2.96. The molecule has 2 rings (SSSR count). The minimum Gasteiger partial charge on any atom is -0.394 e. The first-order valence-electron chi connectivity index (χ1n) is 5.41. The van der Waals surface area contributed by atoms with E-state index in [1.807, 2.05) is 0 Å². The summed E-state index contributed by atoms with van der Waals surface area (Å²) in [5.41, 5.74) is 1.15. The summed E-state index contributed by atoms with van der Waals surface area (Å²) >= 11 is 0. The summed E-state index contributed by atoms with van der Waals surface area (Å²) in [5.74, 6) is 1.63. The van der Waals surface area contributed by atoms with Gasteiger partial charge in [-0.3, -0.25) is 0 Å². The van der Waals surface area contributed by atoms with Gasteiger partial charge in [-0.1, -0.05) is 13.8 Å². The average molecular weight is 194 g/mol. The van der Waals surface area contributed by atoms with Gasteiger partial charge in [0, 0.05) is 12.6 Å². The molecule has 3 heteroatoms. The molecule has 0 amide bonds. The largest absolute Gasteiger partial charge is 0.394 e. The second kappa shape index (κ2) is 3.73. The van der Waals surface area contributed by atoms with Crippen LogP contribution >= 0.6 is 0 Å². The van der Waals surface area contributed by atoms with Crippen molar-refractivity contribution in [2.24, 2.45) is 0 Å². The van der Waals surface area contributed by atoms with E-state index in [9.17, 15) is 5.11 Å². The van der Waals surface area contributed by atoms with E-state index in [-0.39, 0.29) is 12.6 Å². The number of hydrogen-bond acceptors (Lipinski definition) is 2. The molecule has 2 heterocycles. The number of nitrogens with zero attached hydrogens (tertiary/aromatic N) is 2. The van der Waals surface area contributed by atoms with Gasteiger partial charge in [0.25, 0.3) is 0 Å². The second-order valence-corrected chi connectivity index (χ2v) is 4.37. The first-order valence-corrected chi connectivity index (χ1v) is 5.41. The Balaban J connectivity index is 2.33. The van der Waals surface area contributed by atoms with Crippen molar-refractivity contribution in [1.29, 1.82) is 0 Å². The fourth-order valence-electron chi connectivity index (χ4n) is 2.05. The van der Waals surface area contributed by atoms with Crippen LogP contribution in [0.1, 0.15) is 50.2 Å². The van der Waals surface area contributed by atoms with E-state index in [0.717, 1.165) is 30.8 Å². The van der Waals surface area contributed by atoms with Crippen molar-refractivity contribution in [2.45, 2.75) is 45.1 Å². The van der Waals surface area contributed by atoms with Crippen LogP contribution in [-0.4, -0.2) is 21.3 Å². The third kappa shape index (κ3) is 1.57. The van der Waals surface area contributed by atoms with Crippen LogP contribution in [-0.2, 0) is 6.42 Å². The van der Waals surface area contributed by atoms with Crippen molar-refractivity contribution in [2.75, 3.05) is 6.61 Å². The predicted molar refractivity (Wildman–Crippen MR) is 55.4 cm³/mol. The predicted octanol–water partition coefficient (Wildman–Crippen LogP) is 1.88. The molecule has 0 saturated heterocycles. The zero-order chi connectivity index (χ0) is 10.1. The Labute approximate surface area is 84.8 Å². The Morgan fingerprint density at radius 1 is 1.64 bits per heavy atom. The van der Waals surface area contributed by atoms with E-state index in [0.29, 0.717) is 5.92 Å². The van der Waals surface area contributed by atoms with E-state index in [1.54, 1.807) is 0 Å². The number of fused-ring (bicyclic) bond motifs is 1.